The molecule has 274 valence electrons. The fourth-order valence-electron chi connectivity index (χ4n) is 7.94. The van der Waals surface area contributed by atoms with Crippen LogP contribution in [0.15, 0.2) is 235 Å². The van der Waals surface area contributed by atoms with Crippen LogP contribution in [-0.2, 0) is 0 Å². The highest BCUT2D eigenvalue weighted by molar-refractivity contribution is 5.93. The normalized spacial score (nSPS) is 11.1. The lowest BCUT2D eigenvalue weighted by molar-refractivity contribution is 0.620. The molecule has 10 rings (SSSR count). The molecular weight excluding hydrogens is 705 g/mol. The average Bonchev–Trinajstić information content (AvgIpc) is 3.75. The lowest BCUT2D eigenvalue weighted by atomic mass is 9.89. The van der Waals surface area contributed by atoms with Crippen molar-refractivity contribution in [3.8, 4) is 67.1 Å². The van der Waals surface area contributed by atoms with E-state index in [1.807, 2.05) is 24.3 Å². The van der Waals surface area contributed by atoms with Crippen molar-refractivity contribution in [2.45, 2.75) is 0 Å². The van der Waals surface area contributed by atoms with Gasteiger partial charge in [-0.15, -0.1) is 0 Å². The van der Waals surface area contributed by atoms with Crippen molar-refractivity contribution in [1.82, 2.24) is 4.98 Å². The van der Waals surface area contributed by atoms with Gasteiger partial charge in [0.1, 0.15) is 5.52 Å². The van der Waals surface area contributed by atoms with E-state index in [-0.39, 0.29) is 0 Å². The van der Waals surface area contributed by atoms with Crippen LogP contribution in [0.2, 0.25) is 0 Å². The molecule has 0 aliphatic rings. The van der Waals surface area contributed by atoms with Crippen molar-refractivity contribution in [1.29, 1.82) is 0 Å². The summed E-state index contributed by atoms with van der Waals surface area (Å²) in [5.74, 6) is 0.627. The Kier molecular flexibility index (Phi) is 9.23. The number of anilines is 3. The van der Waals surface area contributed by atoms with Gasteiger partial charge in [0.25, 0.3) is 0 Å². The van der Waals surface area contributed by atoms with Gasteiger partial charge in [-0.3, -0.25) is 0 Å². The van der Waals surface area contributed by atoms with E-state index in [1.54, 1.807) is 0 Å². The molecule has 0 N–H and O–H groups in total. The van der Waals surface area contributed by atoms with E-state index in [4.69, 9.17) is 9.40 Å². The molecule has 0 spiro atoms. The molecule has 0 atom stereocenters. The van der Waals surface area contributed by atoms with Crippen molar-refractivity contribution in [2.75, 3.05) is 4.90 Å². The van der Waals surface area contributed by atoms with Crippen molar-refractivity contribution in [3.63, 3.8) is 0 Å². The third kappa shape index (κ3) is 6.76. The van der Waals surface area contributed by atoms with E-state index >= 15 is 0 Å². The molecule has 0 saturated heterocycles. The Morgan fingerprint density at radius 2 is 0.621 bits per heavy atom. The number of nitrogens with zero attached hydrogens (tertiary/aromatic N) is 2. The molecule has 10 aromatic rings. The fraction of sp³-hybridized carbons (Fsp3) is 0. The number of para-hydroxylation sites is 3. The van der Waals surface area contributed by atoms with Crippen LogP contribution in [0, 0.1) is 0 Å². The highest BCUT2D eigenvalue weighted by Crippen LogP contribution is 2.41. The largest absolute Gasteiger partial charge is 0.436 e. The summed E-state index contributed by atoms with van der Waals surface area (Å²) < 4.78 is 6.06. The summed E-state index contributed by atoms with van der Waals surface area (Å²) in [5, 5.41) is 0. The summed E-state index contributed by atoms with van der Waals surface area (Å²) in [6.45, 7) is 0. The Morgan fingerprint density at radius 1 is 0.276 bits per heavy atom. The van der Waals surface area contributed by atoms with E-state index < -0.39 is 0 Å². The van der Waals surface area contributed by atoms with Crippen molar-refractivity contribution in [2.24, 2.45) is 0 Å². The van der Waals surface area contributed by atoms with E-state index in [9.17, 15) is 0 Å². The second-order valence-electron chi connectivity index (χ2n) is 14.3. The van der Waals surface area contributed by atoms with Crippen LogP contribution in [0.1, 0.15) is 0 Å². The summed E-state index contributed by atoms with van der Waals surface area (Å²) in [7, 11) is 0. The van der Waals surface area contributed by atoms with Gasteiger partial charge in [-0.1, -0.05) is 170 Å². The molecule has 0 aliphatic heterocycles. The lowest BCUT2D eigenvalue weighted by Crippen LogP contribution is -2.09. The fourth-order valence-corrected chi connectivity index (χ4v) is 7.94. The Morgan fingerprint density at radius 3 is 1.12 bits per heavy atom. The molecule has 0 aliphatic carbocycles. The maximum atomic E-state index is 6.06. The van der Waals surface area contributed by atoms with E-state index in [2.05, 4.69) is 211 Å². The van der Waals surface area contributed by atoms with Crippen LogP contribution in [0.5, 0.6) is 0 Å². The number of rotatable bonds is 9. The van der Waals surface area contributed by atoms with Crippen LogP contribution in [-0.4, -0.2) is 4.98 Å². The monoisotopic (exact) mass is 742 g/mol. The van der Waals surface area contributed by atoms with Gasteiger partial charge >= 0.3 is 0 Å². The third-order valence-corrected chi connectivity index (χ3v) is 10.8. The number of hydrogen-bond acceptors (Lipinski definition) is 3. The van der Waals surface area contributed by atoms with Crippen molar-refractivity contribution >= 4 is 28.2 Å². The summed E-state index contributed by atoms with van der Waals surface area (Å²) in [6, 6.07) is 81.4. The number of hydrogen-bond donors (Lipinski definition) is 0. The minimum Gasteiger partial charge on any atom is -0.436 e. The molecule has 0 fully saturated rings. The second kappa shape index (κ2) is 15.4. The zero-order chi connectivity index (χ0) is 38.7. The Bertz CT molecular complexity index is 2940. The summed E-state index contributed by atoms with van der Waals surface area (Å²) in [4.78, 5) is 7.03. The summed E-state index contributed by atoms with van der Waals surface area (Å²) in [5.41, 5.74) is 17.7. The Balaban J connectivity index is 0.969. The first-order valence-corrected chi connectivity index (χ1v) is 19.6. The lowest BCUT2D eigenvalue weighted by Gasteiger charge is -2.26. The SMILES string of the molecule is c1ccc(-c2ccccc2-c2ccc(N(c3ccccc3)c3ccc(-c4ccccc4-c4ccccc4-c4ccc(-c5nc6ccccc6o5)cc4)cc3)cc2)cc1. The van der Waals surface area contributed by atoms with Crippen molar-refractivity contribution in [3.05, 3.63) is 231 Å². The topological polar surface area (TPSA) is 29.3 Å². The zero-order valence-electron chi connectivity index (χ0n) is 31.7. The maximum Gasteiger partial charge on any atom is 0.227 e. The standard InChI is InChI=1S/C55H38N2O/c1-3-15-39(16-4-1)47-19-7-8-20-48(47)41-31-35-45(36-32-41)57(44-17-5-2-6-18-44)46-37-33-42(34-38-46)50-22-10-12-24-52(50)51-23-11-9-21-49(51)40-27-29-43(30-28-40)55-56-53-25-13-14-26-54(53)58-55/h1-38H. The first-order chi connectivity index (χ1) is 28.8. The molecule has 0 amide bonds. The molecule has 58 heavy (non-hydrogen) atoms. The predicted octanol–water partition coefficient (Wildman–Crippen LogP) is 15.3. The van der Waals surface area contributed by atoms with Gasteiger partial charge in [0, 0.05) is 22.6 Å². The quantitative estimate of drug-likeness (QED) is 0.147. The van der Waals surface area contributed by atoms with Crippen LogP contribution in [0.4, 0.5) is 17.1 Å². The number of fused-ring (bicyclic) bond motifs is 1. The number of benzene rings is 9. The predicted molar refractivity (Wildman–Crippen MR) is 241 cm³/mol. The second-order valence-corrected chi connectivity index (χ2v) is 14.3. The van der Waals surface area contributed by atoms with Crippen molar-refractivity contribution < 1.29 is 4.42 Å². The average molecular weight is 743 g/mol. The highest BCUT2D eigenvalue weighted by Gasteiger charge is 2.17. The number of oxazole rings is 1. The third-order valence-electron chi connectivity index (χ3n) is 10.8. The number of aromatic nitrogens is 1. The van der Waals surface area contributed by atoms with E-state index in [0.29, 0.717) is 5.89 Å². The van der Waals surface area contributed by atoms with Gasteiger partial charge in [0.05, 0.1) is 0 Å². The molecule has 3 nitrogen and oxygen atoms in total. The van der Waals surface area contributed by atoms with Gasteiger partial charge in [0.2, 0.25) is 5.89 Å². The molecule has 0 bridgehead atoms. The molecule has 1 heterocycles. The molecule has 9 aromatic carbocycles. The smallest absolute Gasteiger partial charge is 0.227 e. The van der Waals surface area contributed by atoms with E-state index in [1.165, 1.54) is 44.5 Å². The van der Waals surface area contributed by atoms with Gasteiger partial charge in [-0.2, -0.15) is 0 Å². The zero-order valence-corrected chi connectivity index (χ0v) is 31.7. The van der Waals surface area contributed by atoms with Crippen LogP contribution in [0.25, 0.3) is 78.2 Å². The Labute approximate surface area is 338 Å². The molecule has 1 aromatic heterocycles. The molecule has 0 saturated carbocycles. The van der Waals surface area contributed by atoms with Crippen LogP contribution in [0.3, 0.4) is 0 Å². The highest BCUT2D eigenvalue weighted by atomic mass is 16.3. The minimum atomic E-state index is 0.627. The molecule has 3 heteroatoms. The first-order valence-electron chi connectivity index (χ1n) is 19.6. The minimum absolute atomic E-state index is 0.627. The van der Waals surface area contributed by atoms with Gasteiger partial charge in [-0.05, 0) is 116 Å². The summed E-state index contributed by atoms with van der Waals surface area (Å²) >= 11 is 0. The van der Waals surface area contributed by atoms with Crippen LogP contribution >= 0.6 is 0 Å². The maximum absolute atomic E-state index is 6.06. The molecular formula is C55H38N2O. The molecule has 0 radical (unpaired) electrons. The Hall–Kier alpha value is -7.75. The first kappa shape index (κ1) is 34.7. The van der Waals surface area contributed by atoms with Crippen LogP contribution < -0.4 is 4.90 Å². The van der Waals surface area contributed by atoms with Gasteiger partial charge in [0.15, 0.2) is 5.58 Å². The van der Waals surface area contributed by atoms with E-state index in [0.717, 1.165) is 44.9 Å². The molecule has 0 unspecified atom stereocenters. The van der Waals surface area contributed by atoms with Gasteiger partial charge < -0.3 is 9.32 Å². The van der Waals surface area contributed by atoms with Gasteiger partial charge in [-0.25, -0.2) is 4.98 Å². The summed E-state index contributed by atoms with van der Waals surface area (Å²) in [6.07, 6.45) is 0.